The SMILES string of the molecule is O=C(Nc1ccc2[nH]c(=O)[nH]c2c1)c1ccccc1SCc1nnnn1-c1ccccc1. The first-order valence-electron chi connectivity index (χ1n) is 9.75. The summed E-state index contributed by atoms with van der Waals surface area (Å²) in [6.45, 7) is 0. The number of para-hydroxylation sites is 1. The van der Waals surface area contributed by atoms with E-state index in [2.05, 4.69) is 30.8 Å². The van der Waals surface area contributed by atoms with Crippen LogP contribution in [0, 0.1) is 0 Å². The van der Waals surface area contributed by atoms with Gasteiger partial charge in [0.05, 0.1) is 28.0 Å². The fraction of sp³-hybridized carbons (Fsp3) is 0.0455. The maximum absolute atomic E-state index is 13.0. The number of aromatic amines is 2. The number of thioether (sulfide) groups is 1. The number of rotatable bonds is 6. The number of tetrazole rings is 1. The van der Waals surface area contributed by atoms with Crippen LogP contribution in [0.15, 0.2) is 82.5 Å². The number of carbonyl (C=O) groups is 1. The van der Waals surface area contributed by atoms with Gasteiger partial charge in [0.15, 0.2) is 5.82 Å². The number of carbonyl (C=O) groups excluding carboxylic acids is 1. The van der Waals surface area contributed by atoms with Gasteiger partial charge in [-0.25, -0.2) is 4.79 Å². The van der Waals surface area contributed by atoms with Crippen LogP contribution in [0.4, 0.5) is 5.69 Å². The third-order valence-electron chi connectivity index (χ3n) is 4.80. The topological polar surface area (TPSA) is 121 Å². The number of hydrogen-bond acceptors (Lipinski definition) is 6. The Labute approximate surface area is 185 Å². The van der Waals surface area contributed by atoms with Crippen molar-refractivity contribution >= 4 is 34.4 Å². The summed E-state index contributed by atoms with van der Waals surface area (Å²) in [5.41, 5.74) is 3.02. The van der Waals surface area contributed by atoms with Gasteiger partial charge in [-0.05, 0) is 52.9 Å². The van der Waals surface area contributed by atoms with E-state index < -0.39 is 0 Å². The zero-order valence-corrected chi connectivity index (χ0v) is 17.5. The lowest BCUT2D eigenvalue weighted by Gasteiger charge is -2.10. The lowest BCUT2D eigenvalue weighted by molar-refractivity contribution is 0.102. The number of aromatic nitrogens is 6. The van der Waals surface area contributed by atoms with Crippen molar-refractivity contribution in [3.8, 4) is 5.69 Å². The second-order valence-corrected chi connectivity index (χ2v) is 7.94. The second kappa shape index (κ2) is 8.52. The molecule has 0 aliphatic rings. The van der Waals surface area contributed by atoms with Gasteiger partial charge in [0.2, 0.25) is 0 Å². The van der Waals surface area contributed by atoms with Crippen molar-refractivity contribution in [3.63, 3.8) is 0 Å². The van der Waals surface area contributed by atoms with Crippen molar-refractivity contribution in [2.24, 2.45) is 0 Å². The molecule has 0 spiro atoms. The minimum absolute atomic E-state index is 0.243. The van der Waals surface area contributed by atoms with Crippen molar-refractivity contribution in [1.29, 1.82) is 0 Å². The molecule has 0 unspecified atom stereocenters. The zero-order valence-electron chi connectivity index (χ0n) is 16.6. The van der Waals surface area contributed by atoms with E-state index in [9.17, 15) is 9.59 Å². The molecule has 0 fully saturated rings. The Morgan fingerprint density at radius 2 is 1.75 bits per heavy atom. The predicted molar refractivity (Wildman–Crippen MR) is 122 cm³/mol. The Morgan fingerprint density at radius 1 is 0.969 bits per heavy atom. The molecule has 0 bridgehead atoms. The van der Waals surface area contributed by atoms with Crippen LogP contribution < -0.4 is 11.0 Å². The molecular formula is C22H17N7O2S. The highest BCUT2D eigenvalue weighted by Crippen LogP contribution is 2.27. The van der Waals surface area contributed by atoms with Crippen LogP contribution >= 0.6 is 11.8 Å². The smallest absolute Gasteiger partial charge is 0.322 e. The molecule has 10 heteroatoms. The number of imidazole rings is 1. The number of hydrogen-bond donors (Lipinski definition) is 3. The van der Waals surface area contributed by atoms with Crippen LogP contribution in [-0.2, 0) is 5.75 Å². The molecule has 5 aromatic rings. The van der Waals surface area contributed by atoms with Gasteiger partial charge < -0.3 is 15.3 Å². The van der Waals surface area contributed by atoms with Crippen molar-refractivity contribution in [2.45, 2.75) is 10.6 Å². The number of H-pyrrole nitrogens is 2. The standard InChI is InChI=1S/C22H17N7O2S/c30-21(23-14-10-11-17-18(12-14)25-22(31)24-17)16-8-4-5-9-19(16)32-13-20-26-27-28-29(20)15-6-2-1-3-7-15/h1-12H,13H2,(H,23,30)(H2,24,25,31). The number of nitrogens with one attached hydrogen (secondary N) is 3. The lowest BCUT2D eigenvalue weighted by Crippen LogP contribution is -2.13. The number of benzene rings is 3. The van der Waals surface area contributed by atoms with Crippen molar-refractivity contribution in [2.75, 3.05) is 5.32 Å². The Hall–Kier alpha value is -4.18. The van der Waals surface area contributed by atoms with Gasteiger partial charge in [0.25, 0.3) is 5.91 Å². The monoisotopic (exact) mass is 443 g/mol. The molecule has 0 aliphatic heterocycles. The average Bonchev–Trinajstić information content (AvgIpc) is 3.43. The van der Waals surface area contributed by atoms with Gasteiger partial charge in [0, 0.05) is 10.6 Å². The van der Waals surface area contributed by atoms with E-state index in [1.807, 2.05) is 48.5 Å². The summed E-state index contributed by atoms with van der Waals surface area (Å²) in [4.78, 5) is 30.6. The van der Waals surface area contributed by atoms with Crippen molar-refractivity contribution in [1.82, 2.24) is 30.2 Å². The van der Waals surface area contributed by atoms with E-state index in [0.717, 1.165) is 10.6 Å². The third-order valence-corrected chi connectivity index (χ3v) is 5.87. The predicted octanol–water partition coefficient (Wildman–Crippen LogP) is 3.38. The molecule has 2 aromatic heterocycles. The molecular weight excluding hydrogens is 426 g/mol. The highest BCUT2D eigenvalue weighted by molar-refractivity contribution is 7.98. The molecule has 32 heavy (non-hydrogen) atoms. The van der Waals surface area contributed by atoms with Gasteiger partial charge >= 0.3 is 5.69 Å². The van der Waals surface area contributed by atoms with E-state index in [-0.39, 0.29) is 11.6 Å². The van der Waals surface area contributed by atoms with E-state index in [1.165, 1.54) is 11.8 Å². The molecule has 9 nitrogen and oxygen atoms in total. The fourth-order valence-corrected chi connectivity index (χ4v) is 4.25. The summed E-state index contributed by atoms with van der Waals surface area (Å²) in [6.07, 6.45) is 0. The summed E-state index contributed by atoms with van der Waals surface area (Å²) in [5.74, 6) is 0.925. The zero-order chi connectivity index (χ0) is 21.9. The van der Waals surface area contributed by atoms with E-state index in [1.54, 1.807) is 28.9 Å². The van der Waals surface area contributed by atoms with Crippen LogP contribution in [0.3, 0.4) is 0 Å². The summed E-state index contributed by atoms with van der Waals surface area (Å²) in [7, 11) is 0. The van der Waals surface area contributed by atoms with E-state index in [4.69, 9.17) is 0 Å². The van der Waals surface area contributed by atoms with Crippen LogP contribution in [0.2, 0.25) is 0 Å². The summed E-state index contributed by atoms with van der Waals surface area (Å²) in [6, 6.07) is 22.2. The van der Waals surface area contributed by atoms with E-state index in [0.29, 0.717) is 33.9 Å². The fourth-order valence-electron chi connectivity index (χ4n) is 3.30. The maximum atomic E-state index is 13.0. The van der Waals surface area contributed by atoms with Gasteiger partial charge in [-0.1, -0.05) is 30.3 Å². The molecule has 0 saturated heterocycles. The van der Waals surface area contributed by atoms with Gasteiger partial charge in [0.1, 0.15) is 0 Å². The van der Waals surface area contributed by atoms with Crippen molar-refractivity contribution < 1.29 is 4.79 Å². The number of anilines is 1. The molecule has 3 N–H and O–H groups in total. The first kappa shape index (κ1) is 19.8. The summed E-state index contributed by atoms with van der Waals surface area (Å²) >= 11 is 1.48. The van der Waals surface area contributed by atoms with Crippen LogP contribution in [0.5, 0.6) is 0 Å². The normalized spacial score (nSPS) is 11.0. The average molecular weight is 443 g/mol. The molecule has 2 heterocycles. The summed E-state index contributed by atoms with van der Waals surface area (Å²) < 4.78 is 1.68. The van der Waals surface area contributed by atoms with Gasteiger partial charge in [-0.2, -0.15) is 4.68 Å². The molecule has 5 rings (SSSR count). The first-order chi connectivity index (χ1) is 15.7. The molecule has 158 valence electrons. The first-order valence-corrected chi connectivity index (χ1v) is 10.7. The Morgan fingerprint density at radius 3 is 2.62 bits per heavy atom. The second-order valence-electron chi connectivity index (χ2n) is 6.92. The van der Waals surface area contributed by atoms with Gasteiger partial charge in [-0.3, -0.25) is 4.79 Å². The number of amides is 1. The molecule has 1 amide bonds. The molecule has 0 atom stereocenters. The molecule has 0 radical (unpaired) electrons. The molecule has 3 aromatic carbocycles. The van der Waals surface area contributed by atoms with Gasteiger partial charge in [-0.15, -0.1) is 16.9 Å². The van der Waals surface area contributed by atoms with Crippen LogP contribution in [-0.4, -0.2) is 36.1 Å². The van der Waals surface area contributed by atoms with Crippen LogP contribution in [0.1, 0.15) is 16.2 Å². The Balaban J connectivity index is 1.34. The quantitative estimate of drug-likeness (QED) is 0.346. The van der Waals surface area contributed by atoms with Crippen LogP contribution in [0.25, 0.3) is 16.7 Å². The highest BCUT2D eigenvalue weighted by atomic mass is 32.2. The Kier molecular flexibility index (Phi) is 5.26. The number of fused-ring (bicyclic) bond motifs is 1. The lowest BCUT2D eigenvalue weighted by atomic mass is 10.2. The number of nitrogens with zero attached hydrogens (tertiary/aromatic N) is 4. The maximum Gasteiger partial charge on any atom is 0.323 e. The molecule has 0 saturated carbocycles. The summed E-state index contributed by atoms with van der Waals surface area (Å²) in [5, 5.41) is 14.9. The van der Waals surface area contributed by atoms with E-state index >= 15 is 0 Å². The minimum Gasteiger partial charge on any atom is -0.322 e. The minimum atomic E-state index is -0.289. The third kappa shape index (κ3) is 4.03. The Bertz CT molecular complexity index is 1460. The highest BCUT2D eigenvalue weighted by Gasteiger charge is 2.15. The largest absolute Gasteiger partial charge is 0.323 e. The van der Waals surface area contributed by atoms with Crippen molar-refractivity contribution in [3.05, 3.63) is 94.7 Å². The molecule has 0 aliphatic carbocycles.